The van der Waals surface area contributed by atoms with Crippen molar-refractivity contribution < 1.29 is 9.53 Å². The maximum absolute atomic E-state index is 11.9. The van der Waals surface area contributed by atoms with Gasteiger partial charge in [0.1, 0.15) is 11.5 Å². The average molecular weight is 292 g/mol. The number of benzene rings is 2. The van der Waals surface area contributed by atoms with Crippen LogP contribution >= 0.6 is 0 Å². The first-order valence-corrected chi connectivity index (χ1v) is 7.03. The van der Waals surface area contributed by atoms with Crippen LogP contribution in [0.4, 0.5) is 0 Å². The van der Waals surface area contributed by atoms with Crippen molar-refractivity contribution in [2.45, 2.75) is 6.92 Å². The largest absolute Gasteiger partial charge is 0.457 e. The van der Waals surface area contributed by atoms with Gasteiger partial charge in [-0.25, -0.2) is 0 Å². The fourth-order valence-corrected chi connectivity index (χ4v) is 2.38. The second kappa shape index (κ2) is 5.85. The number of ether oxygens (including phenoxy) is 1. The summed E-state index contributed by atoms with van der Waals surface area (Å²) in [6.45, 7) is 1.92. The van der Waals surface area contributed by atoms with Gasteiger partial charge in [-0.15, -0.1) is 0 Å². The Balaban J connectivity index is 1.98. The van der Waals surface area contributed by atoms with Gasteiger partial charge in [0.15, 0.2) is 0 Å². The van der Waals surface area contributed by atoms with Crippen LogP contribution < -0.4 is 10.1 Å². The van der Waals surface area contributed by atoms with E-state index >= 15 is 0 Å². The number of carbonyl (C=O) groups is 1. The molecule has 0 unspecified atom stereocenters. The third kappa shape index (κ3) is 2.76. The highest BCUT2D eigenvalue weighted by molar-refractivity contribution is 6.07. The summed E-state index contributed by atoms with van der Waals surface area (Å²) >= 11 is 0. The molecule has 1 aromatic heterocycles. The fraction of sp³-hybridized carbons (Fsp3) is 0.111. The SMILES string of the molecule is CNC(=O)c1cccc2cc(Oc3ccnc(C)c3)ccc12. The van der Waals surface area contributed by atoms with Crippen LogP contribution in [-0.4, -0.2) is 17.9 Å². The predicted molar refractivity (Wildman–Crippen MR) is 86.4 cm³/mol. The monoisotopic (exact) mass is 292 g/mol. The minimum absolute atomic E-state index is 0.0935. The summed E-state index contributed by atoms with van der Waals surface area (Å²) in [4.78, 5) is 16.0. The predicted octanol–water partition coefficient (Wildman–Crippen LogP) is 3.70. The smallest absolute Gasteiger partial charge is 0.251 e. The quantitative estimate of drug-likeness (QED) is 0.801. The van der Waals surface area contributed by atoms with Gasteiger partial charge in [0, 0.05) is 30.6 Å². The molecule has 0 saturated carbocycles. The van der Waals surface area contributed by atoms with E-state index in [2.05, 4.69) is 10.3 Å². The van der Waals surface area contributed by atoms with E-state index in [0.717, 1.165) is 28.0 Å². The second-order valence-electron chi connectivity index (χ2n) is 5.00. The number of amides is 1. The van der Waals surface area contributed by atoms with Crippen LogP contribution in [0, 0.1) is 6.92 Å². The first-order chi connectivity index (χ1) is 10.7. The van der Waals surface area contributed by atoms with Crippen LogP contribution in [0.3, 0.4) is 0 Å². The normalized spacial score (nSPS) is 10.5. The molecule has 1 N–H and O–H groups in total. The minimum atomic E-state index is -0.0935. The van der Waals surface area contributed by atoms with Gasteiger partial charge in [-0.3, -0.25) is 9.78 Å². The van der Waals surface area contributed by atoms with Crippen LogP contribution in [0.25, 0.3) is 10.8 Å². The van der Waals surface area contributed by atoms with Crippen LogP contribution in [-0.2, 0) is 0 Å². The van der Waals surface area contributed by atoms with E-state index in [1.807, 2.05) is 55.5 Å². The van der Waals surface area contributed by atoms with Crippen molar-refractivity contribution in [3.63, 3.8) is 0 Å². The summed E-state index contributed by atoms with van der Waals surface area (Å²) < 4.78 is 5.85. The van der Waals surface area contributed by atoms with Crippen LogP contribution in [0.5, 0.6) is 11.5 Å². The number of hydrogen-bond acceptors (Lipinski definition) is 3. The molecule has 3 rings (SSSR count). The lowest BCUT2D eigenvalue weighted by Crippen LogP contribution is -2.17. The van der Waals surface area contributed by atoms with E-state index in [0.29, 0.717) is 5.56 Å². The molecule has 0 aliphatic carbocycles. The lowest BCUT2D eigenvalue weighted by atomic mass is 10.0. The summed E-state index contributed by atoms with van der Waals surface area (Å²) in [6.07, 6.45) is 1.72. The molecule has 110 valence electrons. The number of rotatable bonds is 3. The Hall–Kier alpha value is -2.88. The van der Waals surface area contributed by atoms with Gasteiger partial charge in [-0.1, -0.05) is 12.1 Å². The van der Waals surface area contributed by atoms with E-state index in [-0.39, 0.29) is 5.91 Å². The maximum Gasteiger partial charge on any atom is 0.251 e. The fourth-order valence-electron chi connectivity index (χ4n) is 2.38. The minimum Gasteiger partial charge on any atom is -0.457 e. The zero-order valence-electron chi connectivity index (χ0n) is 12.5. The Morgan fingerprint density at radius 3 is 2.68 bits per heavy atom. The summed E-state index contributed by atoms with van der Waals surface area (Å²) in [7, 11) is 1.63. The van der Waals surface area contributed by atoms with Gasteiger partial charge < -0.3 is 10.1 Å². The molecule has 0 radical (unpaired) electrons. The lowest BCUT2D eigenvalue weighted by Gasteiger charge is -2.09. The maximum atomic E-state index is 11.9. The first-order valence-electron chi connectivity index (χ1n) is 7.03. The van der Waals surface area contributed by atoms with Crippen molar-refractivity contribution in [1.29, 1.82) is 0 Å². The third-order valence-electron chi connectivity index (χ3n) is 3.43. The number of fused-ring (bicyclic) bond motifs is 1. The second-order valence-corrected chi connectivity index (χ2v) is 5.00. The Bertz CT molecular complexity index is 843. The van der Waals surface area contributed by atoms with E-state index < -0.39 is 0 Å². The number of nitrogens with zero attached hydrogens (tertiary/aromatic N) is 1. The van der Waals surface area contributed by atoms with Gasteiger partial charge in [0.05, 0.1) is 0 Å². The van der Waals surface area contributed by atoms with Crippen molar-refractivity contribution in [2.24, 2.45) is 0 Å². The number of pyridine rings is 1. The van der Waals surface area contributed by atoms with Crippen molar-refractivity contribution in [3.8, 4) is 11.5 Å². The molecule has 0 aliphatic heterocycles. The van der Waals surface area contributed by atoms with E-state index in [1.165, 1.54) is 0 Å². The lowest BCUT2D eigenvalue weighted by molar-refractivity contribution is 0.0964. The standard InChI is InChI=1S/C18H16N2O2/c1-12-10-15(8-9-20-12)22-14-6-7-16-13(11-14)4-3-5-17(16)18(21)19-2/h3-11H,1-2H3,(H,19,21). The molecule has 0 saturated heterocycles. The van der Waals surface area contributed by atoms with Crippen molar-refractivity contribution >= 4 is 16.7 Å². The average Bonchev–Trinajstić information content (AvgIpc) is 2.53. The zero-order chi connectivity index (χ0) is 15.5. The van der Waals surface area contributed by atoms with Crippen LogP contribution in [0.1, 0.15) is 16.1 Å². The number of hydrogen-bond donors (Lipinski definition) is 1. The molecule has 3 aromatic rings. The molecule has 0 aliphatic rings. The molecule has 4 heteroatoms. The molecule has 1 amide bonds. The summed E-state index contributed by atoms with van der Waals surface area (Å²) in [6, 6.07) is 15.0. The van der Waals surface area contributed by atoms with Crippen LogP contribution in [0.15, 0.2) is 54.7 Å². The van der Waals surface area contributed by atoms with E-state index in [1.54, 1.807) is 13.2 Å². The topological polar surface area (TPSA) is 51.2 Å². The molecule has 0 spiro atoms. The van der Waals surface area contributed by atoms with E-state index in [4.69, 9.17) is 4.74 Å². The number of aryl methyl sites for hydroxylation is 1. The highest BCUT2D eigenvalue weighted by Crippen LogP contribution is 2.27. The highest BCUT2D eigenvalue weighted by atomic mass is 16.5. The van der Waals surface area contributed by atoms with Gasteiger partial charge >= 0.3 is 0 Å². The molecule has 0 fully saturated rings. The van der Waals surface area contributed by atoms with Crippen molar-refractivity contribution in [1.82, 2.24) is 10.3 Å². The molecular weight excluding hydrogens is 276 g/mol. The van der Waals surface area contributed by atoms with Crippen molar-refractivity contribution in [2.75, 3.05) is 7.05 Å². The van der Waals surface area contributed by atoms with Gasteiger partial charge in [0.25, 0.3) is 5.91 Å². The zero-order valence-corrected chi connectivity index (χ0v) is 12.5. The molecule has 1 heterocycles. The Labute approximate surface area is 128 Å². The van der Waals surface area contributed by atoms with Gasteiger partial charge in [-0.05, 0) is 48.0 Å². The molecule has 0 bridgehead atoms. The Kier molecular flexibility index (Phi) is 3.74. The highest BCUT2D eigenvalue weighted by Gasteiger charge is 2.09. The van der Waals surface area contributed by atoms with Gasteiger partial charge in [-0.2, -0.15) is 0 Å². The number of aromatic nitrogens is 1. The summed E-state index contributed by atoms with van der Waals surface area (Å²) in [5.41, 5.74) is 1.56. The number of nitrogens with one attached hydrogen (secondary N) is 1. The molecule has 2 aromatic carbocycles. The molecule has 0 atom stereocenters. The van der Waals surface area contributed by atoms with Crippen LogP contribution in [0.2, 0.25) is 0 Å². The summed E-state index contributed by atoms with van der Waals surface area (Å²) in [5.74, 6) is 1.38. The Morgan fingerprint density at radius 1 is 1.09 bits per heavy atom. The molecular formula is C18H16N2O2. The molecule has 22 heavy (non-hydrogen) atoms. The van der Waals surface area contributed by atoms with Gasteiger partial charge in [0.2, 0.25) is 0 Å². The van der Waals surface area contributed by atoms with E-state index in [9.17, 15) is 4.79 Å². The Morgan fingerprint density at radius 2 is 1.91 bits per heavy atom. The summed E-state index contributed by atoms with van der Waals surface area (Å²) in [5, 5.41) is 4.52. The first kappa shape index (κ1) is 14.1. The molecule has 4 nitrogen and oxygen atoms in total. The third-order valence-corrected chi connectivity index (χ3v) is 3.43. The number of carbonyl (C=O) groups excluding carboxylic acids is 1. The van der Waals surface area contributed by atoms with Crippen molar-refractivity contribution in [3.05, 3.63) is 66.0 Å².